The lowest BCUT2D eigenvalue weighted by Gasteiger charge is -2.17. The van der Waals surface area contributed by atoms with E-state index in [0.717, 1.165) is 18.8 Å². The molecule has 0 spiro atoms. The van der Waals surface area contributed by atoms with Crippen LogP contribution in [0.2, 0.25) is 0 Å². The Labute approximate surface area is 63.3 Å². The van der Waals surface area contributed by atoms with Gasteiger partial charge in [-0.25, -0.2) is 0 Å². The monoisotopic (exact) mass is 140 g/mol. The first-order valence-electron chi connectivity index (χ1n) is 3.58. The number of amidine groups is 1. The maximum Gasteiger partial charge on any atom is 0.0993 e. The van der Waals surface area contributed by atoms with E-state index in [1.165, 1.54) is 0 Å². The zero-order chi connectivity index (χ0) is 7.98. The molecule has 58 valence electrons. The van der Waals surface area contributed by atoms with Crippen molar-refractivity contribution in [2.24, 2.45) is 4.99 Å². The van der Waals surface area contributed by atoms with Gasteiger partial charge in [0, 0.05) is 13.6 Å². The Balaban J connectivity index is 3.93. The molecular formula is C8H16N2. The van der Waals surface area contributed by atoms with Crippen LogP contribution in [0.3, 0.4) is 0 Å². The van der Waals surface area contributed by atoms with E-state index in [4.69, 9.17) is 0 Å². The van der Waals surface area contributed by atoms with Crippen molar-refractivity contribution in [1.29, 1.82) is 0 Å². The first-order chi connectivity index (χ1) is 4.76. The van der Waals surface area contributed by atoms with Gasteiger partial charge >= 0.3 is 0 Å². The lowest BCUT2D eigenvalue weighted by molar-refractivity contribution is 0.546. The quantitative estimate of drug-likeness (QED) is 0.432. The molecule has 10 heavy (non-hydrogen) atoms. The molecule has 0 aromatic carbocycles. The molecule has 2 heteroatoms. The summed E-state index contributed by atoms with van der Waals surface area (Å²) in [7, 11) is 1.79. The molecule has 0 radical (unpaired) electrons. The minimum Gasteiger partial charge on any atom is -0.338 e. The van der Waals surface area contributed by atoms with Gasteiger partial charge in [-0.3, -0.25) is 4.99 Å². The van der Waals surface area contributed by atoms with E-state index in [1.54, 1.807) is 7.05 Å². The van der Waals surface area contributed by atoms with Crippen LogP contribution >= 0.6 is 0 Å². The summed E-state index contributed by atoms with van der Waals surface area (Å²) in [4.78, 5) is 6.09. The van der Waals surface area contributed by atoms with Gasteiger partial charge in [-0.1, -0.05) is 13.5 Å². The molecule has 0 aromatic rings. The molecule has 0 aliphatic heterocycles. The second kappa shape index (κ2) is 5.03. The van der Waals surface area contributed by atoms with E-state index in [9.17, 15) is 0 Å². The highest BCUT2D eigenvalue weighted by Gasteiger charge is 1.97. The molecule has 0 aromatic heterocycles. The lowest BCUT2D eigenvalue weighted by atomic mass is 10.4. The molecule has 0 amide bonds. The minimum absolute atomic E-state index is 1.01. The zero-order valence-corrected chi connectivity index (χ0v) is 7.09. The number of nitrogens with zero attached hydrogens (tertiary/aromatic N) is 2. The minimum atomic E-state index is 1.01. The summed E-state index contributed by atoms with van der Waals surface area (Å²) in [5.74, 6) is 1.02. The van der Waals surface area contributed by atoms with Crippen molar-refractivity contribution in [3.8, 4) is 0 Å². The molecule has 0 aliphatic rings. The summed E-state index contributed by atoms with van der Waals surface area (Å²) in [6.45, 7) is 8.82. The molecule has 0 bridgehead atoms. The average Bonchev–Trinajstić information content (AvgIpc) is 1.99. The van der Waals surface area contributed by atoms with Crippen LogP contribution in [-0.2, 0) is 0 Å². The lowest BCUT2D eigenvalue weighted by Crippen LogP contribution is -2.23. The smallest absolute Gasteiger partial charge is 0.0993 e. The summed E-state index contributed by atoms with van der Waals surface area (Å²) in [6.07, 6.45) is 2.94. The molecule has 0 fully saturated rings. The van der Waals surface area contributed by atoms with Gasteiger partial charge in [-0.15, -0.1) is 0 Å². The Morgan fingerprint density at radius 2 is 2.30 bits per heavy atom. The number of hydrogen-bond acceptors (Lipinski definition) is 1. The fraction of sp³-hybridized carbons (Fsp3) is 0.625. The predicted molar refractivity (Wildman–Crippen MR) is 46.2 cm³/mol. The third-order valence-electron chi connectivity index (χ3n) is 1.42. The predicted octanol–water partition coefficient (Wildman–Crippen LogP) is 1.89. The fourth-order valence-electron chi connectivity index (χ4n) is 0.755. The molecular weight excluding hydrogens is 124 g/mol. The Hall–Kier alpha value is -0.790. The average molecular weight is 140 g/mol. The van der Waals surface area contributed by atoms with Crippen molar-refractivity contribution < 1.29 is 0 Å². The molecule has 0 N–H and O–H groups in total. The van der Waals surface area contributed by atoms with Crippen LogP contribution < -0.4 is 0 Å². The second-order valence-corrected chi connectivity index (χ2v) is 2.15. The van der Waals surface area contributed by atoms with Gasteiger partial charge in [0.05, 0.1) is 5.84 Å². The van der Waals surface area contributed by atoms with Gasteiger partial charge in [-0.2, -0.15) is 0 Å². The van der Waals surface area contributed by atoms with Gasteiger partial charge in [0.15, 0.2) is 0 Å². The molecule has 0 heterocycles. The molecule has 0 rings (SSSR count). The third kappa shape index (κ3) is 2.67. The van der Waals surface area contributed by atoms with Gasteiger partial charge in [-0.05, 0) is 19.5 Å². The summed E-state index contributed by atoms with van der Waals surface area (Å²) >= 11 is 0. The highest BCUT2D eigenvalue weighted by molar-refractivity contribution is 5.80. The first-order valence-corrected chi connectivity index (χ1v) is 3.58. The molecule has 2 nitrogen and oxygen atoms in total. The van der Waals surface area contributed by atoms with Gasteiger partial charge in [0.2, 0.25) is 0 Å². The highest BCUT2D eigenvalue weighted by atomic mass is 15.2. The SMILES string of the molecule is C=CN(CCC)/C(C)=N\C. The summed E-state index contributed by atoms with van der Waals surface area (Å²) < 4.78 is 0. The Kier molecular flexibility index (Phi) is 4.63. The van der Waals surface area contributed by atoms with Crippen LogP contribution in [0.15, 0.2) is 17.8 Å². The van der Waals surface area contributed by atoms with E-state index in [0.29, 0.717) is 0 Å². The normalized spacial score (nSPS) is 11.3. The molecule has 0 unspecified atom stereocenters. The van der Waals surface area contributed by atoms with Gasteiger partial charge < -0.3 is 4.90 Å². The van der Waals surface area contributed by atoms with Crippen molar-refractivity contribution >= 4 is 5.84 Å². The summed E-state index contributed by atoms with van der Waals surface area (Å²) in [5.41, 5.74) is 0. The summed E-state index contributed by atoms with van der Waals surface area (Å²) in [5, 5.41) is 0. The van der Waals surface area contributed by atoms with Gasteiger partial charge in [0.25, 0.3) is 0 Å². The van der Waals surface area contributed by atoms with Crippen molar-refractivity contribution in [2.75, 3.05) is 13.6 Å². The van der Waals surface area contributed by atoms with Crippen molar-refractivity contribution in [2.45, 2.75) is 20.3 Å². The van der Waals surface area contributed by atoms with E-state index < -0.39 is 0 Å². The van der Waals surface area contributed by atoms with E-state index >= 15 is 0 Å². The molecule has 0 atom stereocenters. The van der Waals surface area contributed by atoms with Crippen LogP contribution in [0.5, 0.6) is 0 Å². The summed E-state index contributed by atoms with van der Waals surface area (Å²) in [6, 6.07) is 0. The fourth-order valence-corrected chi connectivity index (χ4v) is 0.755. The maximum absolute atomic E-state index is 4.05. The first kappa shape index (κ1) is 9.21. The van der Waals surface area contributed by atoms with Crippen molar-refractivity contribution in [1.82, 2.24) is 4.90 Å². The standard InChI is InChI=1S/C8H16N2/c1-5-7-10(6-2)8(3)9-4/h6H,2,5,7H2,1,3-4H3/b9-8-. The zero-order valence-electron chi connectivity index (χ0n) is 7.09. The topological polar surface area (TPSA) is 15.6 Å². The number of hydrogen-bond donors (Lipinski definition) is 0. The molecule has 0 aliphatic carbocycles. The largest absolute Gasteiger partial charge is 0.338 e. The van der Waals surface area contributed by atoms with Crippen LogP contribution in [0.4, 0.5) is 0 Å². The Bertz CT molecular complexity index is 127. The van der Waals surface area contributed by atoms with Crippen LogP contribution in [0.1, 0.15) is 20.3 Å². The molecule has 0 saturated carbocycles. The van der Waals surface area contributed by atoms with E-state index in [-0.39, 0.29) is 0 Å². The Morgan fingerprint density at radius 3 is 2.60 bits per heavy atom. The second-order valence-electron chi connectivity index (χ2n) is 2.15. The third-order valence-corrected chi connectivity index (χ3v) is 1.42. The van der Waals surface area contributed by atoms with Crippen molar-refractivity contribution in [3.63, 3.8) is 0 Å². The molecule has 0 saturated heterocycles. The van der Waals surface area contributed by atoms with E-state index in [2.05, 4.69) is 18.5 Å². The number of rotatable bonds is 3. The number of aliphatic imine (C=N–C) groups is 1. The highest BCUT2D eigenvalue weighted by Crippen LogP contribution is 1.93. The Morgan fingerprint density at radius 1 is 1.70 bits per heavy atom. The maximum atomic E-state index is 4.05. The van der Waals surface area contributed by atoms with Crippen molar-refractivity contribution in [3.05, 3.63) is 12.8 Å². The van der Waals surface area contributed by atoms with E-state index in [1.807, 2.05) is 18.0 Å². The van der Waals surface area contributed by atoms with Crippen LogP contribution in [0.25, 0.3) is 0 Å². The van der Waals surface area contributed by atoms with Crippen LogP contribution in [-0.4, -0.2) is 24.3 Å². The van der Waals surface area contributed by atoms with Crippen LogP contribution in [0, 0.1) is 0 Å². The van der Waals surface area contributed by atoms with Gasteiger partial charge in [0.1, 0.15) is 0 Å².